The number of nitro groups is 1. The molecule has 1 aliphatic rings. The number of aryl methyl sites for hydroxylation is 1. The highest BCUT2D eigenvalue weighted by Gasteiger charge is 2.24. The Morgan fingerprint density at radius 2 is 1.80 bits per heavy atom. The standard InChI is InChI=1S/C24H19NO5/c1-15-4-3-5-18(12-15)22-14-29-23-13-20(30-16(2)26)10-11-21(23)24(22)17-6-8-19(9-7-17)25(27)28/h3-13H,14H2,1-2H3. The van der Waals surface area contributed by atoms with Crippen LogP contribution in [0.25, 0.3) is 11.1 Å². The van der Waals surface area contributed by atoms with Crippen LogP contribution in [0.15, 0.2) is 66.7 Å². The highest BCUT2D eigenvalue weighted by atomic mass is 16.6. The monoisotopic (exact) mass is 401 g/mol. The minimum absolute atomic E-state index is 0.0361. The van der Waals surface area contributed by atoms with Gasteiger partial charge in [0.1, 0.15) is 18.1 Å². The molecule has 30 heavy (non-hydrogen) atoms. The van der Waals surface area contributed by atoms with Crippen LogP contribution in [-0.2, 0) is 4.79 Å². The van der Waals surface area contributed by atoms with Crippen LogP contribution in [0.3, 0.4) is 0 Å². The first-order valence-electron chi connectivity index (χ1n) is 9.43. The van der Waals surface area contributed by atoms with E-state index in [2.05, 4.69) is 6.07 Å². The molecule has 0 aromatic heterocycles. The van der Waals surface area contributed by atoms with E-state index < -0.39 is 10.9 Å². The molecule has 1 aliphatic heterocycles. The molecule has 1 heterocycles. The Labute approximate surface area is 173 Å². The number of rotatable bonds is 4. The van der Waals surface area contributed by atoms with Crippen LogP contribution in [0.1, 0.15) is 29.2 Å². The second-order valence-corrected chi connectivity index (χ2v) is 7.07. The molecule has 0 unspecified atom stereocenters. The van der Waals surface area contributed by atoms with Gasteiger partial charge >= 0.3 is 5.97 Å². The topological polar surface area (TPSA) is 78.7 Å². The Hall–Kier alpha value is -3.93. The summed E-state index contributed by atoms with van der Waals surface area (Å²) >= 11 is 0. The molecule has 0 saturated carbocycles. The van der Waals surface area contributed by atoms with Crippen molar-refractivity contribution in [3.8, 4) is 11.5 Å². The fraction of sp³-hybridized carbons (Fsp3) is 0.125. The predicted octanol–water partition coefficient (Wildman–Crippen LogP) is 5.18. The molecule has 3 aromatic rings. The molecule has 3 aromatic carbocycles. The first-order chi connectivity index (χ1) is 14.4. The molecule has 0 fully saturated rings. The lowest BCUT2D eigenvalue weighted by Gasteiger charge is -2.25. The molecule has 0 saturated heterocycles. The smallest absolute Gasteiger partial charge is 0.308 e. The molecule has 0 aliphatic carbocycles. The van der Waals surface area contributed by atoms with Crippen molar-refractivity contribution in [1.29, 1.82) is 0 Å². The van der Waals surface area contributed by atoms with E-state index in [4.69, 9.17) is 9.47 Å². The fourth-order valence-corrected chi connectivity index (χ4v) is 3.58. The lowest BCUT2D eigenvalue weighted by atomic mass is 9.87. The van der Waals surface area contributed by atoms with E-state index in [0.29, 0.717) is 18.1 Å². The largest absolute Gasteiger partial charge is 0.488 e. The van der Waals surface area contributed by atoms with Crippen LogP contribution in [0, 0.1) is 17.0 Å². The van der Waals surface area contributed by atoms with Crippen molar-refractivity contribution in [3.63, 3.8) is 0 Å². The quantitative estimate of drug-likeness (QED) is 0.260. The molecule has 0 spiro atoms. The maximum atomic E-state index is 11.3. The van der Waals surface area contributed by atoms with Crippen molar-refractivity contribution >= 4 is 22.8 Å². The average molecular weight is 401 g/mol. The van der Waals surface area contributed by atoms with E-state index in [1.54, 1.807) is 24.3 Å². The maximum Gasteiger partial charge on any atom is 0.308 e. The zero-order valence-corrected chi connectivity index (χ0v) is 16.5. The Morgan fingerprint density at radius 3 is 2.47 bits per heavy atom. The van der Waals surface area contributed by atoms with E-state index in [1.807, 2.05) is 31.2 Å². The van der Waals surface area contributed by atoms with Gasteiger partial charge in [-0.05, 0) is 47.9 Å². The molecule has 4 rings (SSSR count). The summed E-state index contributed by atoms with van der Waals surface area (Å²) in [5.74, 6) is 0.596. The van der Waals surface area contributed by atoms with Crippen molar-refractivity contribution in [1.82, 2.24) is 0 Å². The molecule has 0 bridgehead atoms. The van der Waals surface area contributed by atoms with Gasteiger partial charge in [0.15, 0.2) is 0 Å². The summed E-state index contributed by atoms with van der Waals surface area (Å²) in [5, 5.41) is 11.1. The number of carbonyl (C=O) groups excluding carboxylic acids is 1. The van der Waals surface area contributed by atoms with Crippen molar-refractivity contribution in [3.05, 3.63) is 99.1 Å². The lowest BCUT2D eigenvalue weighted by molar-refractivity contribution is -0.384. The van der Waals surface area contributed by atoms with E-state index in [1.165, 1.54) is 19.1 Å². The highest BCUT2D eigenvalue weighted by molar-refractivity contribution is 6.02. The molecule has 0 radical (unpaired) electrons. The van der Waals surface area contributed by atoms with E-state index in [9.17, 15) is 14.9 Å². The number of nitrogens with zero attached hydrogens (tertiary/aromatic N) is 1. The molecular formula is C24H19NO5. The fourth-order valence-electron chi connectivity index (χ4n) is 3.58. The van der Waals surface area contributed by atoms with E-state index >= 15 is 0 Å². The number of esters is 1. The van der Waals surface area contributed by atoms with Crippen molar-refractivity contribution < 1.29 is 19.2 Å². The minimum Gasteiger partial charge on any atom is -0.488 e. The zero-order valence-electron chi connectivity index (χ0n) is 16.5. The molecule has 0 N–H and O–H groups in total. The molecule has 0 amide bonds. The van der Waals surface area contributed by atoms with Crippen LogP contribution in [0.2, 0.25) is 0 Å². The Morgan fingerprint density at radius 1 is 1.03 bits per heavy atom. The lowest BCUT2D eigenvalue weighted by Crippen LogP contribution is -2.12. The number of ether oxygens (including phenoxy) is 2. The van der Waals surface area contributed by atoms with Crippen LogP contribution < -0.4 is 9.47 Å². The normalized spacial score (nSPS) is 12.7. The van der Waals surface area contributed by atoms with Crippen LogP contribution >= 0.6 is 0 Å². The van der Waals surface area contributed by atoms with Gasteiger partial charge in [0.05, 0.1) is 4.92 Å². The summed E-state index contributed by atoms with van der Waals surface area (Å²) in [4.78, 5) is 21.9. The van der Waals surface area contributed by atoms with Gasteiger partial charge in [-0.3, -0.25) is 14.9 Å². The van der Waals surface area contributed by atoms with Gasteiger partial charge in [-0.25, -0.2) is 0 Å². The second kappa shape index (κ2) is 7.83. The SMILES string of the molecule is CC(=O)Oc1ccc2c(c1)OCC(c1cccc(C)c1)=C2c1ccc([N+](=O)[O-])cc1. The third-order valence-corrected chi connectivity index (χ3v) is 4.89. The number of hydrogen-bond acceptors (Lipinski definition) is 5. The van der Waals surface area contributed by atoms with Gasteiger partial charge in [-0.1, -0.05) is 29.8 Å². The Balaban J connectivity index is 1.90. The number of fused-ring (bicyclic) bond motifs is 1. The molecule has 0 atom stereocenters. The zero-order chi connectivity index (χ0) is 21.3. The third kappa shape index (κ3) is 3.80. The number of benzene rings is 3. The molecule has 150 valence electrons. The number of non-ortho nitro benzene ring substituents is 1. The van der Waals surface area contributed by atoms with E-state index in [0.717, 1.165) is 33.4 Å². The predicted molar refractivity (Wildman–Crippen MR) is 113 cm³/mol. The first kappa shape index (κ1) is 19.4. The Kier molecular flexibility index (Phi) is 5.06. The van der Waals surface area contributed by atoms with Gasteiger partial charge in [0.25, 0.3) is 5.69 Å². The summed E-state index contributed by atoms with van der Waals surface area (Å²) < 4.78 is 11.2. The van der Waals surface area contributed by atoms with Crippen molar-refractivity contribution in [2.24, 2.45) is 0 Å². The van der Waals surface area contributed by atoms with Crippen molar-refractivity contribution in [2.45, 2.75) is 13.8 Å². The number of carbonyl (C=O) groups is 1. The highest BCUT2D eigenvalue weighted by Crippen LogP contribution is 2.42. The van der Waals surface area contributed by atoms with Gasteiger partial charge in [-0.2, -0.15) is 0 Å². The summed E-state index contributed by atoms with van der Waals surface area (Å²) in [5.41, 5.74) is 5.79. The summed E-state index contributed by atoms with van der Waals surface area (Å²) in [6.45, 7) is 3.70. The van der Waals surface area contributed by atoms with Gasteiger partial charge < -0.3 is 9.47 Å². The number of hydrogen-bond donors (Lipinski definition) is 0. The Bertz CT molecular complexity index is 1180. The summed E-state index contributed by atoms with van der Waals surface area (Å²) in [7, 11) is 0. The van der Waals surface area contributed by atoms with Crippen LogP contribution in [-0.4, -0.2) is 17.5 Å². The molecule has 6 nitrogen and oxygen atoms in total. The summed E-state index contributed by atoms with van der Waals surface area (Å²) in [6, 6.07) is 19.9. The van der Waals surface area contributed by atoms with E-state index in [-0.39, 0.29) is 5.69 Å². The van der Waals surface area contributed by atoms with Crippen LogP contribution in [0.4, 0.5) is 5.69 Å². The third-order valence-electron chi connectivity index (χ3n) is 4.89. The van der Waals surface area contributed by atoms with Crippen molar-refractivity contribution in [2.75, 3.05) is 6.61 Å². The van der Waals surface area contributed by atoms with Gasteiger partial charge in [-0.15, -0.1) is 0 Å². The first-order valence-corrected chi connectivity index (χ1v) is 9.43. The second-order valence-electron chi connectivity index (χ2n) is 7.07. The van der Waals surface area contributed by atoms with Gasteiger partial charge in [0.2, 0.25) is 0 Å². The average Bonchev–Trinajstić information content (AvgIpc) is 2.72. The van der Waals surface area contributed by atoms with Gasteiger partial charge in [0, 0.05) is 36.3 Å². The van der Waals surface area contributed by atoms with Crippen LogP contribution in [0.5, 0.6) is 11.5 Å². The summed E-state index contributed by atoms with van der Waals surface area (Å²) in [6.07, 6.45) is 0. The molecular weight excluding hydrogens is 382 g/mol. The number of nitro benzene ring substituents is 1. The molecule has 6 heteroatoms. The maximum absolute atomic E-state index is 11.3. The minimum atomic E-state index is -0.414.